The zero-order valence-corrected chi connectivity index (χ0v) is 15.4. The van der Waals surface area contributed by atoms with Gasteiger partial charge in [-0.15, -0.1) is 0 Å². The van der Waals surface area contributed by atoms with Crippen LogP contribution in [0.15, 0.2) is 4.60 Å². The first-order chi connectivity index (χ1) is 9.82. The Hall–Kier alpha value is -0.430. The largest absolute Gasteiger partial charge is 0.344 e. The summed E-state index contributed by atoms with van der Waals surface area (Å²) in [6.45, 7) is 14.2. The van der Waals surface area contributed by atoms with Gasteiger partial charge in [0.15, 0.2) is 0 Å². The maximum atomic E-state index is 4.46. The Labute approximate surface area is 136 Å². The summed E-state index contributed by atoms with van der Waals surface area (Å²) in [7, 11) is 2.01. The minimum Gasteiger partial charge on any atom is -0.344 e. The number of halogens is 1. The highest BCUT2D eigenvalue weighted by Gasteiger charge is 2.31. The molecule has 1 saturated heterocycles. The highest BCUT2D eigenvalue weighted by Crippen LogP contribution is 2.27. The lowest BCUT2D eigenvalue weighted by Crippen LogP contribution is -2.54. The van der Waals surface area contributed by atoms with E-state index in [1.54, 1.807) is 0 Å². The predicted molar refractivity (Wildman–Crippen MR) is 90.6 cm³/mol. The number of piperazine rings is 1. The Morgan fingerprint density at radius 1 is 1.29 bits per heavy atom. The van der Waals surface area contributed by atoms with Crippen molar-refractivity contribution in [2.75, 3.05) is 39.8 Å². The van der Waals surface area contributed by atoms with Crippen molar-refractivity contribution < 1.29 is 0 Å². The molecule has 1 unspecified atom stereocenters. The molecule has 120 valence electrons. The third-order valence-corrected chi connectivity index (χ3v) is 4.84. The van der Waals surface area contributed by atoms with Gasteiger partial charge < -0.3 is 10.3 Å². The van der Waals surface area contributed by atoms with Crippen LogP contribution in [0.25, 0.3) is 0 Å². The van der Waals surface area contributed by atoms with Gasteiger partial charge in [-0.25, -0.2) is 4.98 Å². The maximum Gasteiger partial charge on any atom is 0.129 e. The van der Waals surface area contributed by atoms with E-state index < -0.39 is 0 Å². The van der Waals surface area contributed by atoms with E-state index in [0.717, 1.165) is 43.2 Å². The van der Waals surface area contributed by atoms with E-state index in [1.807, 2.05) is 14.0 Å². The van der Waals surface area contributed by atoms with Gasteiger partial charge in [-0.3, -0.25) is 9.80 Å². The number of nitrogens with one attached hydrogen (secondary N) is 2. The smallest absolute Gasteiger partial charge is 0.129 e. The zero-order chi connectivity index (χ0) is 15.6. The van der Waals surface area contributed by atoms with E-state index in [1.165, 1.54) is 5.69 Å². The summed E-state index contributed by atoms with van der Waals surface area (Å²) < 4.78 is 0.943. The molecule has 2 heterocycles. The quantitative estimate of drug-likeness (QED) is 0.866. The van der Waals surface area contributed by atoms with E-state index in [2.05, 4.69) is 61.8 Å². The summed E-state index contributed by atoms with van der Waals surface area (Å²) in [5, 5.41) is 3.32. The molecular formula is C15H28BrN5. The summed E-state index contributed by atoms with van der Waals surface area (Å²) >= 11 is 3.59. The minimum absolute atomic E-state index is 0.260. The van der Waals surface area contributed by atoms with Gasteiger partial charge in [0.05, 0.1) is 11.7 Å². The van der Waals surface area contributed by atoms with Crippen LogP contribution >= 0.6 is 15.9 Å². The standard InChI is InChI=1S/C15H28BrN5/c1-11-18-13(14(16)19-11)12(10-17-5)20-6-8-21(9-7-20)15(2,3)4/h12,17H,6-10H2,1-5H3,(H,18,19). The van der Waals surface area contributed by atoms with Gasteiger partial charge in [0, 0.05) is 38.3 Å². The highest BCUT2D eigenvalue weighted by molar-refractivity contribution is 9.10. The van der Waals surface area contributed by atoms with E-state index in [4.69, 9.17) is 0 Å². The van der Waals surface area contributed by atoms with Gasteiger partial charge in [0.2, 0.25) is 0 Å². The first-order valence-corrected chi connectivity index (χ1v) is 8.48. The number of aromatic nitrogens is 2. The number of hydrogen-bond donors (Lipinski definition) is 2. The van der Waals surface area contributed by atoms with Gasteiger partial charge >= 0.3 is 0 Å². The lowest BCUT2D eigenvalue weighted by molar-refractivity contribution is 0.0409. The van der Waals surface area contributed by atoms with Crippen LogP contribution in [0.3, 0.4) is 0 Å². The Kier molecular flexibility index (Phi) is 5.46. The van der Waals surface area contributed by atoms with Crippen LogP contribution in [0, 0.1) is 6.92 Å². The number of likely N-dealkylation sites (N-methyl/N-ethyl adjacent to an activating group) is 1. The van der Waals surface area contributed by atoms with Crippen LogP contribution in [0.1, 0.15) is 38.3 Å². The van der Waals surface area contributed by atoms with Crippen molar-refractivity contribution in [2.45, 2.75) is 39.3 Å². The monoisotopic (exact) mass is 357 g/mol. The van der Waals surface area contributed by atoms with E-state index in [9.17, 15) is 0 Å². The van der Waals surface area contributed by atoms with Crippen LogP contribution in [-0.2, 0) is 0 Å². The number of rotatable bonds is 4. The van der Waals surface area contributed by atoms with Crippen LogP contribution in [0.5, 0.6) is 0 Å². The molecule has 0 radical (unpaired) electrons. The van der Waals surface area contributed by atoms with Gasteiger partial charge in [0.25, 0.3) is 0 Å². The predicted octanol–water partition coefficient (Wildman–Crippen LogP) is 2.16. The Morgan fingerprint density at radius 2 is 1.90 bits per heavy atom. The fourth-order valence-corrected chi connectivity index (χ4v) is 3.64. The molecule has 0 amide bonds. The third kappa shape index (κ3) is 4.06. The first kappa shape index (κ1) is 16.9. The third-order valence-electron chi connectivity index (χ3n) is 4.24. The molecule has 0 aliphatic carbocycles. The van der Waals surface area contributed by atoms with Crippen molar-refractivity contribution in [1.82, 2.24) is 25.1 Å². The number of hydrogen-bond acceptors (Lipinski definition) is 4. The first-order valence-electron chi connectivity index (χ1n) is 7.68. The van der Waals surface area contributed by atoms with Crippen molar-refractivity contribution >= 4 is 15.9 Å². The molecule has 0 spiro atoms. The normalized spacial score (nSPS) is 19.9. The molecule has 1 aromatic rings. The second-order valence-corrected chi connectivity index (χ2v) is 7.55. The van der Waals surface area contributed by atoms with Crippen molar-refractivity contribution in [3.8, 4) is 0 Å². The second kappa shape index (κ2) is 6.77. The molecule has 21 heavy (non-hydrogen) atoms. The summed E-state index contributed by atoms with van der Waals surface area (Å²) in [5.41, 5.74) is 1.45. The number of aryl methyl sites for hydroxylation is 1. The Morgan fingerprint density at radius 3 is 2.33 bits per heavy atom. The van der Waals surface area contributed by atoms with Crippen molar-refractivity contribution in [3.05, 3.63) is 16.1 Å². The topological polar surface area (TPSA) is 47.2 Å². The zero-order valence-electron chi connectivity index (χ0n) is 13.8. The number of nitrogens with zero attached hydrogens (tertiary/aromatic N) is 3. The van der Waals surface area contributed by atoms with Crippen molar-refractivity contribution in [1.29, 1.82) is 0 Å². The molecule has 0 aromatic carbocycles. The average molecular weight is 358 g/mol. The van der Waals surface area contributed by atoms with Gasteiger partial charge in [-0.2, -0.15) is 0 Å². The van der Waals surface area contributed by atoms with Gasteiger partial charge in [0.1, 0.15) is 10.4 Å². The maximum absolute atomic E-state index is 4.46. The average Bonchev–Trinajstić information content (AvgIpc) is 2.74. The van der Waals surface area contributed by atoms with Crippen molar-refractivity contribution in [3.63, 3.8) is 0 Å². The summed E-state index contributed by atoms with van der Waals surface area (Å²) in [6, 6.07) is 0.340. The molecule has 1 aliphatic heterocycles. The molecule has 5 nitrogen and oxygen atoms in total. The number of H-pyrrole nitrogens is 1. The molecule has 2 rings (SSSR count). The lowest BCUT2D eigenvalue weighted by Gasteiger charge is -2.44. The fourth-order valence-electron chi connectivity index (χ4n) is 3.01. The number of aromatic amines is 1. The number of imidazole rings is 1. The molecular weight excluding hydrogens is 330 g/mol. The van der Waals surface area contributed by atoms with E-state index in [0.29, 0.717) is 6.04 Å². The SMILES string of the molecule is CNCC(c1[nH]c(C)nc1Br)N1CCN(C(C)(C)C)CC1. The van der Waals surface area contributed by atoms with Crippen LogP contribution in [0.2, 0.25) is 0 Å². The van der Waals surface area contributed by atoms with Crippen LogP contribution in [0.4, 0.5) is 0 Å². The van der Waals surface area contributed by atoms with E-state index >= 15 is 0 Å². The fraction of sp³-hybridized carbons (Fsp3) is 0.800. The highest BCUT2D eigenvalue weighted by atomic mass is 79.9. The molecule has 6 heteroatoms. The van der Waals surface area contributed by atoms with Crippen molar-refractivity contribution in [2.24, 2.45) is 0 Å². The van der Waals surface area contributed by atoms with E-state index in [-0.39, 0.29) is 5.54 Å². The van der Waals surface area contributed by atoms with Crippen LogP contribution < -0.4 is 5.32 Å². The molecule has 1 fully saturated rings. The molecule has 0 saturated carbocycles. The molecule has 0 bridgehead atoms. The minimum atomic E-state index is 0.260. The Balaban J connectivity index is 2.09. The molecule has 1 aliphatic rings. The summed E-state index contributed by atoms with van der Waals surface area (Å²) in [6.07, 6.45) is 0. The molecule has 2 N–H and O–H groups in total. The second-order valence-electron chi connectivity index (χ2n) is 6.79. The lowest BCUT2D eigenvalue weighted by atomic mass is 10.0. The Bertz CT molecular complexity index is 457. The van der Waals surface area contributed by atoms with Gasteiger partial charge in [-0.1, -0.05) is 0 Å². The molecule has 1 atom stereocenters. The molecule has 1 aromatic heterocycles. The van der Waals surface area contributed by atoms with Gasteiger partial charge in [-0.05, 0) is 50.7 Å². The van der Waals surface area contributed by atoms with Crippen LogP contribution in [-0.4, -0.2) is 65.1 Å². The summed E-state index contributed by atoms with van der Waals surface area (Å²) in [5.74, 6) is 0.964. The summed E-state index contributed by atoms with van der Waals surface area (Å²) in [4.78, 5) is 13.0.